The molecule has 0 heterocycles. The largest absolute Gasteiger partial charge is 0.457 e. The summed E-state index contributed by atoms with van der Waals surface area (Å²) in [5.74, 6) is -1.10. The monoisotopic (exact) mass is 340 g/mol. The van der Waals surface area contributed by atoms with Crippen LogP contribution in [0.1, 0.15) is 35.3 Å². The number of carbonyl (C=O) groups excluding carboxylic acids is 3. The van der Waals surface area contributed by atoms with E-state index in [4.69, 9.17) is 4.74 Å². The lowest BCUT2D eigenvalue weighted by Crippen LogP contribution is -2.12. The Morgan fingerprint density at radius 3 is 1.88 bits per heavy atom. The van der Waals surface area contributed by atoms with Crippen LogP contribution in [0.15, 0.2) is 42.5 Å². The molecule has 0 aliphatic heterocycles. The number of amides is 2. The smallest absolute Gasteiger partial charge is 0.338 e. The predicted octanol–water partition coefficient (Wildman–Crippen LogP) is 3.27. The zero-order valence-electron chi connectivity index (χ0n) is 14.4. The Labute approximate surface area is 146 Å². The third-order valence-corrected chi connectivity index (χ3v) is 3.30. The molecule has 0 bridgehead atoms. The Hall–Kier alpha value is -3.15. The van der Waals surface area contributed by atoms with Gasteiger partial charge in [0, 0.05) is 25.2 Å². The van der Waals surface area contributed by atoms with Gasteiger partial charge in [0.25, 0.3) is 0 Å². The highest BCUT2D eigenvalue weighted by Crippen LogP contribution is 2.20. The van der Waals surface area contributed by atoms with Crippen LogP contribution in [0.4, 0.5) is 11.4 Å². The lowest BCUT2D eigenvalue weighted by atomic mass is 10.1. The molecule has 0 saturated carbocycles. The normalized spacial score (nSPS) is 10.0. The van der Waals surface area contributed by atoms with E-state index < -0.39 is 5.97 Å². The fourth-order valence-corrected chi connectivity index (χ4v) is 2.21. The van der Waals surface area contributed by atoms with Crippen LogP contribution in [0.3, 0.4) is 0 Å². The summed E-state index contributed by atoms with van der Waals surface area (Å²) in [6.45, 7) is 4.84. The maximum atomic E-state index is 12.3. The molecule has 0 radical (unpaired) electrons. The number of carbonyl (C=O) groups is 3. The minimum absolute atomic E-state index is 0.138. The third kappa shape index (κ3) is 5.76. The molecule has 2 aromatic carbocycles. The number of ether oxygens (including phenoxy) is 1. The van der Waals surface area contributed by atoms with E-state index in [0.29, 0.717) is 11.4 Å². The maximum Gasteiger partial charge on any atom is 0.338 e. The molecule has 6 heteroatoms. The number of hydrogen-bond acceptors (Lipinski definition) is 4. The zero-order chi connectivity index (χ0) is 18.4. The van der Waals surface area contributed by atoms with Gasteiger partial charge in [0.05, 0.1) is 5.56 Å². The van der Waals surface area contributed by atoms with Crippen molar-refractivity contribution < 1.29 is 19.1 Å². The average molecular weight is 340 g/mol. The molecule has 0 aliphatic carbocycles. The van der Waals surface area contributed by atoms with E-state index in [1.165, 1.54) is 26.0 Å². The van der Waals surface area contributed by atoms with Crippen molar-refractivity contribution in [1.29, 1.82) is 0 Å². The molecular formula is C19H20N2O4. The first-order valence-electron chi connectivity index (χ1n) is 7.76. The Balaban J connectivity index is 2.16. The Bertz CT molecular complexity index is 763. The summed E-state index contributed by atoms with van der Waals surface area (Å²) in [5, 5.41) is 5.19. The van der Waals surface area contributed by atoms with E-state index in [9.17, 15) is 14.4 Å². The van der Waals surface area contributed by atoms with Gasteiger partial charge in [-0.1, -0.05) is 29.8 Å². The SMILES string of the molecule is CC(=O)Nc1cc(NC(C)=O)cc(C(=O)OCc2ccc(C)cc2)c1. The summed E-state index contributed by atoms with van der Waals surface area (Å²) in [7, 11) is 0. The van der Waals surface area contributed by atoms with Crippen molar-refractivity contribution in [2.24, 2.45) is 0 Å². The topological polar surface area (TPSA) is 84.5 Å². The predicted molar refractivity (Wildman–Crippen MR) is 95.3 cm³/mol. The number of benzene rings is 2. The quantitative estimate of drug-likeness (QED) is 0.818. The highest BCUT2D eigenvalue weighted by atomic mass is 16.5. The van der Waals surface area contributed by atoms with Crippen LogP contribution >= 0.6 is 0 Å². The molecule has 0 spiro atoms. The molecular weight excluding hydrogens is 320 g/mol. The van der Waals surface area contributed by atoms with E-state index >= 15 is 0 Å². The zero-order valence-corrected chi connectivity index (χ0v) is 14.4. The van der Waals surface area contributed by atoms with Crippen molar-refractivity contribution in [2.45, 2.75) is 27.4 Å². The number of nitrogens with one attached hydrogen (secondary N) is 2. The summed E-state index contributed by atoms with van der Waals surface area (Å²) < 4.78 is 5.31. The first-order valence-corrected chi connectivity index (χ1v) is 7.76. The fraction of sp³-hybridized carbons (Fsp3) is 0.211. The number of rotatable bonds is 5. The molecule has 0 aromatic heterocycles. The Kier molecular flexibility index (Phi) is 5.89. The van der Waals surface area contributed by atoms with E-state index in [-0.39, 0.29) is 24.0 Å². The summed E-state index contributed by atoms with van der Waals surface area (Å²) in [6.07, 6.45) is 0. The van der Waals surface area contributed by atoms with Gasteiger partial charge < -0.3 is 15.4 Å². The molecule has 25 heavy (non-hydrogen) atoms. The van der Waals surface area contributed by atoms with Gasteiger partial charge in [-0.15, -0.1) is 0 Å². The average Bonchev–Trinajstić information content (AvgIpc) is 2.52. The molecule has 2 aromatic rings. The van der Waals surface area contributed by atoms with E-state index in [1.54, 1.807) is 6.07 Å². The minimum atomic E-state index is -0.542. The van der Waals surface area contributed by atoms with Gasteiger partial charge in [0.15, 0.2) is 0 Å². The van der Waals surface area contributed by atoms with Gasteiger partial charge >= 0.3 is 5.97 Å². The molecule has 2 N–H and O–H groups in total. The molecule has 6 nitrogen and oxygen atoms in total. The summed E-state index contributed by atoms with van der Waals surface area (Å²) >= 11 is 0. The highest BCUT2D eigenvalue weighted by Gasteiger charge is 2.12. The number of hydrogen-bond donors (Lipinski definition) is 2. The van der Waals surface area contributed by atoms with Crippen LogP contribution < -0.4 is 10.6 Å². The van der Waals surface area contributed by atoms with Gasteiger partial charge in [-0.25, -0.2) is 4.79 Å². The molecule has 0 saturated heterocycles. The first kappa shape index (κ1) is 18.2. The standard InChI is InChI=1S/C19H20N2O4/c1-12-4-6-15(7-5-12)11-25-19(24)16-8-17(20-13(2)22)10-18(9-16)21-14(3)23/h4-10H,11H2,1-3H3,(H,20,22)(H,21,23). The van der Waals surface area contributed by atoms with Gasteiger partial charge in [-0.2, -0.15) is 0 Å². The molecule has 2 rings (SSSR count). The summed E-state index contributed by atoms with van der Waals surface area (Å²) in [6, 6.07) is 12.2. The Morgan fingerprint density at radius 1 is 0.880 bits per heavy atom. The molecule has 0 aliphatic rings. The van der Waals surface area contributed by atoms with Crippen molar-refractivity contribution in [2.75, 3.05) is 10.6 Å². The number of anilines is 2. The van der Waals surface area contributed by atoms with E-state index in [0.717, 1.165) is 11.1 Å². The van der Waals surface area contributed by atoms with Gasteiger partial charge in [-0.3, -0.25) is 9.59 Å². The Morgan fingerprint density at radius 2 is 1.40 bits per heavy atom. The minimum Gasteiger partial charge on any atom is -0.457 e. The second-order valence-electron chi connectivity index (χ2n) is 5.72. The highest BCUT2D eigenvalue weighted by molar-refractivity contribution is 5.97. The van der Waals surface area contributed by atoms with Gasteiger partial charge in [0.2, 0.25) is 11.8 Å². The van der Waals surface area contributed by atoms with Crippen LogP contribution in [0.5, 0.6) is 0 Å². The second kappa shape index (κ2) is 8.10. The molecule has 0 fully saturated rings. The fourth-order valence-electron chi connectivity index (χ4n) is 2.21. The van der Waals surface area contributed by atoms with Gasteiger partial charge in [0.1, 0.15) is 6.61 Å². The van der Waals surface area contributed by atoms with Crippen LogP contribution in [-0.2, 0) is 20.9 Å². The van der Waals surface area contributed by atoms with Crippen molar-refractivity contribution in [3.05, 3.63) is 59.2 Å². The summed E-state index contributed by atoms with van der Waals surface area (Å²) in [4.78, 5) is 34.8. The lowest BCUT2D eigenvalue weighted by molar-refractivity contribution is -0.115. The van der Waals surface area contributed by atoms with Crippen LogP contribution in [0, 0.1) is 6.92 Å². The molecule has 0 atom stereocenters. The second-order valence-corrected chi connectivity index (χ2v) is 5.72. The first-order chi connectivity index (χ1) is 11.8. The maximum absolute atomic E-state index is 12.3. The van der Waals surface area contributed by atoms with Crippen LogP contribution in [0.25, 0.3) is 0 Å². The van der Waals surface area contributed by atoms with Crippen LogP contribution in [-0.4, -0.2) is 17.8 Å². The lowest BCUT2D eigenvalue weighted by Gasteiger charge is -2.11. The summed E-state index contributed by atoms with van der Waals surface area (Å²) in [5.41, 5.74) is 3.04. The third-order valence-electron chi connectivity index (χ3n) is 3.30. The molecule has 130 valence electrons. The molecule has 0 unspecified atom stereocenters. The van der Waals surface area contributed by atoms with E-state index in [1.807, 2.05) is 31.2 Å². The number of aryl methyl sites for hydroxylation is 1. The van der Waals surface area contributed by atoms with Crippen LogP contribution in [0.2, 0.25) is 0 Å². The van der Waals surface area contributed by atoms with Crippen molar-refractivity contribution in [3.63, 3.8) is 0 Å². The van der Waals surface area contributed by atoms with E-state index in [2.05, 4.69) is 10.6 Å². The van der Waals surface area contributed by atoms with Crippen molar-refractivity contribution in [3.8, 4) is 0 Å². The number of esters is 1. The van der Waals surface area contributed by atoms with Crippen molar-refractivity contribution >= 4 is 29.2 Å². The molecule has 2 amide bonds. The van der Waals surface area contributed by atoms with Gasteiger partial charge in [-0.05, 0) is 30.7 Å². The van der Waals surface area contributed by atoms with Crippen molar-refractivity contribution in [1.82, 2.24) is 0 Å².